The van der Waals surface area contributed by atoms with Crippen molar-refractivity contribution in [2.24, 2.45) is 0 Å². The summed E-state index contributed by atoms with van der Waals surface area (Å²) < 4.78 is 11.7. The summed E-state index contributed by atoms with van der Waals surface area (Å²) in [5.74, 6) is 0.760. The van der Waals surface area contributed by atoms with Gasteiger partial charge in [-0.05, 0) is 23.8 Å². The summed E-state index contributed by atoms with van der Waals surface area (Å²) in [6, 6.07) is 17.8. The van der Waals surface area contributed by atoms with Gasteiger partial charge in [0.05, 0.1) is 0 Å². The fraction of sp³-hybridized carbons (Fsp3) is 0. The maximum absolute atomic E-state index is 12.9. The third kappa shape index (κ3) is 2.64. The molecule has 0 N–H and O–H groups in total. The van der Waals surface area contributed by atoms with Crippen molar-refractivity contribution in [2.45, 2.75) is 0 Å². The highest BCUT2D eigenvalue weighted by molar-refractivity contribution is 6.29. The number of allylic oxidation sites excluding steroid dienone is 3. The number of benzene rings is 1. The molecule has 0 spiro atoms. The van der Waals surface area contributed by atoms with E-state index in [2.05, 4.69) is 4.98 Å². The maximum atomic E-state index is 12.9. The van der Waals surface area contributed by atoms with Crippen LogP contribution in [0.2, 0.25) is 0 Å². The number of ketones is 1. The molecular weight excluding hydrogens is 378 g/mol. The quantitative estimate of drug-likeness (QED) is 0.346. The highest BCUT2D eigenvalue weighted by Gasteiger charge is 2.32. The normalized spacial score (nSPS) is 14.0. The molecule has 4 aromatic rings. The number of Topliss-reactive ketones (excluding diaryl/α,β-unsaturated/α-hetero) is 1. The van der Waals surface area contributed by atoms with E-state index in [0.717, 1.165) is 5.56 Å². The molecule has 0 fully saturated rings. The first-order valence-corrected chi connectivity index (χ1v) is 9.04. The van der Waals surface area contributed by atoms with Crippen molar-refractivity contribution in [3.8, 4) is 23.5 Å². The summed E-state index contributed by atoms with van der Waals surface area (Å²) >= 11 is 0. The molecule has 0 aliphatic heterocycles. The Balaban J connectivity index is 1.62. The number of carbonyl (C=O) groups is 1. The van der Waals surface area contributed by atoms with E-state index < -0.39 is 0 Å². The number of furan rings is 2. The smallest absolute Gasteiger partial charge is 0.194 e. The number of fused-ring (bicyclic) bond motifs is 2. The second kappa shape index (κ2) is 6.73. The standard InChI is InChI=1S/C24H11N3O3/c25-11-15(12-26)23-17-5-1-2-6-18(17)24(28)19(23)8-16-9-21-22(29-16)10-20(30-21)14-4-3-7-27-13-14/h1-10,13H/b19-8-. The zero-order chi connectivity index (χ0) is 20.7. The maximum Gasteiger partial charge on any atom is 0.194 e. The number of hydrogen-bond acceptors (Lipinski definition) is 6. The number of nitrogens with zero attached hydrogens (tertiary/aromatic N) is 3. The highest BCUT2D eigenvalue weighted by Crippen LogP contribution is 2.40. The first-order chi connectivity index (χ1) is 14.7. The zero-order valence-corrected chi connectivity index (χ0v) is 15.4. The van der Waals surface area contributed by atoms with Gasteiger partial charge in [-0.2, -0.15) is 10.5 Å². The molecule has 6 heteroatoms. The average Bonchev–Trinajstić information content (AvgIpc) is 3.42. The first kappa shape index (κ1) is 17.4. The molecule has 0 radical (unpaired) electrons. The van der Waals surface area contributed by atoms with Crippen molar-refractivity contribution in [2.75, 3.05) is 0 Å². The van der Waals surface area contributed by atoms with Crippen molar-refractivity contribution in [3.05, 3.63) is 89.0 Å². The van der Waals surface area contributed by atoms with E-state index in [4.69, 9.17) is 8.83 Å². The van der Waals surface area contributed by atoms with Gasteiger partial charge in [0.2, 0.25) is 0 Å². The molecule has 0 amide bonds. The van der Waals surface area contributed by atoms with Crippen LogP contribution in [0.3, 0.4) is 0 Å². The van der Waals surface area contributed by atoms with Gasteiger partial charge in [0, 0.05) is 46.8 Å². The van der Waals surface area contributed by atoms with Gasteiger partial charge >= 0.3 is 0 Å². The van der Waals surface area contributed by atoms with Crippen LogP contribution in [-0.4, -0.2) is 10.8 Å². The number of pyridine rings is 1. The monoisotopic (exact) mass is 389 g/mol. The lowest BCUT2D eigenvalue weighted by molar-refractivity contribution is 0.104. The van der Waals surface area contributed by atoms with Crippen LogP contribution in [0.5, 0.6) is 0 Å². The van der Waals surface area contributed by atoms with Crippen LogP contribution in [0.4, 0.5) is 0 Å². The third-order valence-electron chi connectivity index (χ3n) is 4.89. The largest absolute Gasteiger partial charge is 0.453 e. The molecule has 1 aliphatic rings. The fourth-order valence-corrected chi connectivity index (χ4v) is 3.57. The molecule has 3 heterocycles. The van der Waals surface area contributed by atoms with Crippen LogP contribution in [0, 0.1) is 22.7 Å². The first-order valence-electron chi connectivity index (χ1n) is 9.04. The lowest BCUT2D eigenvalue weighted by Gasteiger charge is -2.00. The van der Waals surface area contributed by atoms with Gasteiger partial charge in [-0.1, -0.05) is 24.3 Å². The van der Waals surface area contributed by atoms with Gasteiger partial charge in [0.25, 0.3) is 0 Å². The van der Waals surface area contributed by atoms with Gasteiger partial charge in [-0.25, -0.2) is 0 Å². The van der Waals surface area contributed by atoms with E-state index in [1.165, 1.54) is 0 Å². The Kier molecular flexibility index (Phi) is 3.91. The summed E-state index contributed by atoms with van der Waals surface area (Å²) in [6.07, 6.45) is 4.92. The number of rotatable bonds is 2. The molecule has 1 aliphatic carbocycles. The van der Waals surface area contributed by atoms with E-state index in [1.807, 2.05) is 24.3 Å². The predicted molar refractivity (Wildman–Crippen MR) is 109 cm³/mol. The van der Waals surface area contributed by atoms with Crippen molar-refractivity contribution < 1.29 is 13.6 Å². The van der Waals surface area contributed by atoms with Gasteiger partial charge in [0.1, 0.15) is 29.2 Å². The molecule has 0 unspecified atom stereocenters. The van der Waals surface area contributed by atoms with Crippen LogP contribution in [0.1, 0.15) is 21.7 Å². The van der Waals surface area contributed by atoms with Gasteiger partial charge in [0.15, 0.2) is 16.9 Å². The SMILES string of the molecule is N#CC(C#N)=C1/C(=C/c2cc3oc(-c4cccnc4)cc3o2)C(=O)c2ccccc21. The molecule has 6 nitrogen and oxygen atoms in total. The van der Waals surface area contributed by atoms with Gasteiger partial charge in [-0.15, -0.1) is 0 Å². The second-order valence-corrected chi connectivity index (χ2v) is 6.64. The predicted octanol–water partition coefficient (Wildman–Crippen LogP) is 5.17. The van der Waals surface area contributed by atoms with Crippen molar-refractivity contribution in [1.29, 1.82) is 10.5 Å². The summed E-state index contributed by atoms with van der Waals surface area (Å²) in [5, 5.41) is 18.8. The Morgan fingerprint density at radius 2 is 1.73 bits per heavy atom. The van der Waals surface area contributed by atoms with Crippen LogP contribution < -0.4 is 0 Å². The highest BCUT2D eigenvalue weighted by atomic mass is 16.4. The topological polar surface area (TPSA) is 104 Å². The molecule has 3 aromatic heterocycles. The van der Waals surface area contributed by atoms with Crippen LogP contribution in [0.15, 0.2) is 80.9 Å². The minimum atomic E-state index is -0.257. The zero-order valence-electron chi connectivity index (χ0n) is 15.4. The van der Waals surface area contributed by atoms with E-state index in [-0.39, 0.29) is 16.9 Å². The van der Waals surface area contributed by atoms with E-state index in [9.17, 15) is 15.3 Å². The number of aromatic nitrogens is 1. The molecule has 0 atom stereocenters. The lowest BCUT2D eigenvalue weighted by Crippen LogP contribution is -1.95. The summed E-state index contributed by atoms with van der Waals surface area (Å²) in [5.41, 5.74) is 3.35. The molecule has 30 heavy (non-hydrogen) atoms. The van der Waals surface area contributed by atoms with Crippen LogP contribution in [-0.2, 0) is 0 Å². The Morgan fingerprint density at radius 1 is 0.967 bits per heavy atom. The van der Waals surface area contributed by atoms with E-state index in [1.54, 1.807) is 54.9 Å². The Hall–Kier alpha value is -4.68. The summed E-state index contributed by atoms with van der Waals surface area (Å²) in [7, 11) is 0. The second-order valence-electron chi connectivity index (χ2n) is 6.64. The molecular formula is C24H11N3O3. The molecule has 5 rings (SSSR count). The van der Waals surface area contributed by atoms with Gasteiger partial charge < -0.3 is 8.83 Å². The van der Waals surface area contributed by atoms with Crippen molar-refractivity contribution in [1.82, 2.24) is 4.98 Å². The molecule has 0 bridgehead atoms. The third-order valence-corrected chi connectivity index (χ3v) is 4.89. The number of carbonyl (C=O) groups excluding carboxylic acids is 1. The Bertz CT molecular complexity index is 1420. The van der Waals surface area contributed by atoms with Crippen LogP contribution in [0.25, 0.3) is 34.1 Å². The number of hydrogen-bond donors (Lipinski definition) is 0. The number of nitriles is 2. The van der Waals surface area contributed by atoms with Crippen LogP contribution >= 0.6 is 0 Å². The lowest BCUT2D eigenvalue weighted by atomic mass is 9.99. The van der Waals surface area contributed by atoms with E-state index >= 15 is 0 Å². The molecule has 1 aromatic carbocycles. The summed E-state index contributed by atoms with van der Waals surface area (Å²) in [4.78, 5) is 17.0. The fourth-order valence-electron chi connectivity index (χ4n) is 3.57. The Labute approximate surface area is 170 Å². The minimum absolute atomic E-state index is 0.117. The van der Waals surface area contributed by atoms with Crippen molar-refractivity contribution in [3.63, 3.8) is 0 Å². The minimum Gasteiger partial charge on any atom is -0.453 e. The Morgan fingerprint density at radius 3 is 2.43 bits per heavy atom. The van der Waals surface area contributed by atoms with E-state index in [0.29, 0.717) is 39.4 Å². The molecule has 0 saturated heterocycles. The van der Waals surface area contributed by atoms with Gasteiger partial charge in [-0.3, -0.25) is 9.78 Å². The average molecular weight is 389 g/mol. The van der Waals surface area contributed by atoms with Crippen molar-refractivity contribution >= 4 is 28.6 Å². The summed E-state index contributed by atoms with van der Waals surface area (Å²) in [6.45, 7) is 0. The molecule has 0 saturated carbocycles. The molecule has 140 valence electrons.